The fourth-order valence-corrected chi connectivity index (χ4v) is 1.75. The molecule has 1 heterocycles. The van der Waals surface area contributed by atoms with Crippen LogP contribution < -0.4 is 4.74 Å². The average molecular weight is 295 g/mol. The summed E-state index contributed by atoms with van der Waals surface area (Å²) >= 11 is 5.69. The van der Waals surface area contributed by atoms with Crippen LogP contribution in [0.5, 0.6) is 5.75 Å². The molecule has 1 aliphatic rings. The topological polar surface area (TPSA) is 55.8 Å². The fraction of sp³-hybridized carbons (Fsp3) is 0.182. The minimum absolute atomic E-state index is 0.0514. The number of ether oxygens (including phenoxy) is 2. The maximum Gasteiger partial charge on any atom is 0.511 e. The molecule has 0 saturated carbocycles. The quantitative estimate of drug-likeness (QED) is 0.802. The Hall–Kier alpha value is -1.89. The molecule has 1 aromatic carbocycles. The van der Waals surface area contributed by atoms with Gasteiger partial charge in [-0.2, -0.15) is 13.2 Å². The maximum absolute atomic E-state index is 12.8. The monoisotopic (exact) mass is 294 g/mol. The lowest BCUT2D eigenvalue weighted by Gasteiger charge is -2.27. The molecule has 4 nitrogen and oxygen atoms in total. The largest absolute Gasteiger partial charge is 0.511 e. The third-order valence-corrected chi connectivity index (χ3v) is 2.51. The Balaban J connectivity index is 2.46. The molecule has 0 aromatic heterocycles. The van der Waals surface area contributed by atoms with Crippen LogP contribution in [0.3, 0.4) is 0 Å². The summed E-state index contributed by atoms with van der Waals surface area (Å²) in [5.41, 5.74) is 0.212. The highest BCUT2D eigenvalue weighted by molar-refractivity contribution is 6.30. The van der Waals surface area contributed by atoms with Crippen molar-refractivity contribution in [1.29, 1.82) is 0 Å². The van der Waals surface area contributed by atoms with Crippen molar-refractivity contribution in [3.63, 3.8) is 0 Å². The molecule has 0 radical (unpaired) electrons. The molecular weight excluding hydrogens is 289 g/mol. The van der Waals surface area contributed by atoms with E-state index in [4.69, 9.17) is 21.4 Å². The van der Waals surface area contributed by atoms with E-state index in [0.29, 0.717) is 0 Å². The lowest BCUT2D eigenvalue weighted by Crippen LogP contribution is -2.39. The van der Waals surface area contributed by atoms with Gasteiger partial charge in [0.2, 0.25) is 0 Å². The van der Waals surface area contributed by atoms with Crippen LogP contribution in [-0.4, -0.2) is 23.5 Å². The van der Waals surface area contributed by atoms with E-state index in [1.807, 2.05) is 0 Å². The summed E-state index contributed by atoms with van der Waals surface area (Å²) in [6.45, 7) is 0. The van der Waals surface area contributed by atoms with Gasteiger partial charge < -0.3 is 14.6 Å². The molecule has 1 aliphatic heterocycles. The number of benzene rings is 1. The number of fused-ring (bicyclic) bond motifs is 1. The van der Waals surface area contributed by atoms with E-state index in [-0.39, 0.29) is 16.3 Å². The lowest BCUT2D eigenvalue weighted by molar-refractivity contribution is -0.191. The first-order valence-electron chi connectivity index (χ1n) is 4.92. The molecule has 102 valence electrons. The second-order valence-electron chi connectivity index (χ2n) is 3.64. The molecule has 0 amide bonds. The van der Waals surface area contributed by atoms with Crippen LogP contribution in [0.2, 0.25) is 5.02 Å². The SMILES string of the molecule is O=C(O)OC1=Cc2cc(Cl)ccc2O[C@@H]1C(F)(F)F. The number of carbonyl (C=O) groups is 1. The Morgan fingerprint density at radius 2 is 2.11 bits per heavy atom. The van der Waals surface area contributed by atoms with Crippen molar-refractivity contribution < 1.29 is 32.5 Å². The zero-order valence-electron chi connectivity index (χ0n) is 9.07. The van der Waals surface area contributed by atoms with Gasteiger partial charge in [0.05, 0.1) is 0 Å². The third-order valence-electron chi connectivity index (χ3n) is 2.28. The Morgan fingerprint density at radius 3 is 2.68 bits per heavy atom. The summed E-state index contributed by atoms with van der Waals surface area (Å²) in [5.74, 6) is -0.903. The molecule has 0 unspecified atom stereocenters. The second-order valence-corrected chi connectivity index (χ2v) is 4.07. The van der Waals surface area contributed by atoms with Gasteiger partial charge in [-0.15, -0.1) is 0 Å². The summed E-state index contributed by atoms with van der Waals surface area (Å²) in [7, 11) is 0. The van der Waals surface area contributed by atoms with E-state index in [2.05, 4.69) is 4.74 Å². The maximum atomic E-state index is 12.8. The van der Waals surface area contributed by atoms with E-state index in [9.17, 15) is 18.0 Å². The summed E-state index contributed by atoms with van der Waals surface area (Å²) < 4.78 is 47.1. The predicted molar refractivity (Wildman–Crippen MR) is 59.0 cm³/mol. The first-order chi connectivity index (χ1) is 8.77. The van der Waals surface area contributed by atoms with Gasteiger partial charge >= 0.3 is 12.3 Å². The van der Waals surface area contributed by atoms with Crippen molar-refractivity contribution in [1.82, 2.24) is 0 Å². The molecule has 0 saturated heterocycles. The van der Waals surface area contributed by atoms with Gasteiger partial charge in [-0.25, -0.2) is 4.79 Å². The number of hydrogen-bond donors (Lipinski definition) is 1. The standard InChI is InChI=1S/C11H6ClF3O4/c12-6-1-2-7-5(3-6)4-8(19-10(16)17)9(18-7)11(13,14)15/h1-4,9H,(H,16,17)/t9-/m0/s1. The molecule has 1 N–H and O–H groups in total. The van der Waals surface area contributed by atoms with Crippen molar-refractivity contribution in [2.24, 2.45) is 0 Å². The fourth-order valence-electron chi connectivity index (χ4n) is 1.57. The number of rotatable bonds is 1. The van der Waals surface area contributed by atoms with Gasteiger partial charge in [0.25, 0.3) is 6.10 Å². The zero-order chi connectivity index (χ0) is 14.2. The van der Waals surface area contributed by atoms with Gasteiger partial charge in [0, 0.05) is 10.6 Å². The van der Waals surface area contributed by atoms with Crippen LogP contribution in [0.4, 0.5) is 18.0 Å². The molecule has 2 rings (SSSR count). The van der Waals surface area contributed by atoms with Crippen molar-refractivity contribution in [2.45, 2.75) is 12.3 Å². The van der Waals surface area contributed by atoms with Gasteiger partial charge in [0.15, 0.2) is 5.76 Å². The highest BCUT2D eigenvalue weighted by Gasteiger charge is 2.48. The van der Waals surface area contributed by atoms with Crippen LogP contribution >= 0.6 is 11.6 Å². The highest BCUT2D eigenvalue weighted by atomic mass is 35.5. The summed E-state index contributed by atoms with van der Waals surface area (Å²) in [6.07, 6.45) is -8.16. The van der Waals surface area contributed by atoms with E-state index in [1.165, 1.54) is 18.2 Å². The Bertz CT molecular complexity index is 553. The van der Waals surface area contributed by atoms with E-state index in [1.54, 1.807) is 0 Å². The van der Waals surface area contributed by atoms with Gasteiger partial charge in [-0.1, -0.05) is 11.6 Å². The first kappa shape index (κ1) is 13.5. The first-order valence-corrected chi connectivity index (χ1v) is 5.30. The third kappa shape index (κ3) is 2.93. The smallest absolute Gasteiger partial charge is 0.472 e. The van der Waals surface area contributed by atoms with Crippen LogP contribution in [-0.2, 0) is 4.74 Å². The van der Waals surface area contributed by atoms with Crippen molar-refractivity contribution >= 4 is 23.8 Å². The summed E-state index contributed by atoms with van der Waals surface area (Å²) in [6, 6.07) is 3.98. The molecule has 1 atom stereocenters. The van der Waals surface area contributed by atoms with E-state index in [0.717, 1.165) is 6.08 Å². The molecular formula is C11H6ClF3O4. The summed E-state index contributed by atoms with van der Waals surface area (Å²) in [5, 5.41) is 8.72. The number of alkyl halides is 3. The van der Waals surface area contributed by atoms with Gasteiger partial charge in [-0.3, -0.25) is 0 Å². The molecule has 1 aromatic rings. The normalized spacial score (nSPS) is 18.1. The van der Waals surface area contributed by atoms with Crippen molar-refractivity contribution in [3.05, 3.63) is 34.5 Å². The zero-order valence-corrected chi connectivity index (χ0v) is 9.83. The number of carboxylic acid groups (broad SMARTS) is 1. The van der Waals surface area contributed by atoms with E-state index < -0.39 is 24.2 Å². The molecule has 0 spiro atoms. The van der Waals surface area contributed by atoms with Crippen LogP contribution in [0.1, 0.15) is 5.56 Å². The van der Waals surface area contributed by atoms with Crippen LogP contribution in [0.25, 0.3) is 6.08 Å². The Kier molecular flexibility index (Phi) is 3.32. The van der Waals surface area contributed by atoms with Crippen molar-refractivity contribution in [3.8, 4) is 5.75 Å². The predicted octanol–water partition coefficient (Wildman–Crippen LogP) is 3.70. The minimum Gasteiger partial charge on any atom is -0.472 e. The van der Waals surface area contributed by atoms with Crippen LogP contribution in [0, 0.1) is 0 Å². The molecule has 19 heavy (non-hydrogen) atoms. The molecule has 0 bridgehead atoms. The van der Waals surface area contributed by atoms with E-state index >= 15 is 0 Å². The van der Waals surface area contributed by atoms with Gasteiger partial charge in [0.1, 0.15) is 5.75 Å². The number of halogens is 4. The van der Waals surface area contributed by atoms with Gasteiger partial charge in [-0.05, 0) is 24.3 Å². The molecule has 0 fully saturated rings. The Labute approximate surface area is 110 Å². The average Bonchev–Trinajstić information content (AvgIpc) is 2.25. The molecule has 0 aliphatic carbocycles. The highest BCUT2D eigenvalue weighted by Crippen LogP contribution is 2.38. The Morgan fingerprint density at radius 1 is 1.42 bits per heavy atom. The minimum atomic E-state index is -4.79. The lowest BCUT2D eigenvalue weighted by atomic mass is 10.1. The second kappa shape index (κ2) is 4.65. The molecule has 8 heteroatoms. The summed E-state index contributed by atoms with van der Waals surface area (Å²) in [4.78, 5) is 10.4. The van der Waals surface area contributed by atoms with Crippen LogP contribution in [0.15, 0.2) is 24.0 Å². The van der Waals surface area contributed by atoms with Crippen molar-refractivity contribution in [2.75, 3.05) is 0 Å². The number of hydrogen-bond acceptors (Lipinski definition) is 3.